The molecule has 0 saturated carbocycles. The molecule has 4 nitrogen and oxygen atoms in total. The number of ketones is 1. The lowest BCUT2D eigenvalue weighted by molar-refractivity contribution is -0.115. The van der Waals surface area contributed by atoms with Gasteiger partial charge in [0, 0.05) is 20.9 Å². The van der Waals surface area contributed by atoms with Gasteiger partial charge in [0.05, 0.1) is 18.3 Å². The first-order valence-electron chi connectivity index (χ1n) is 9.07. The molecule has 0 aromatic carbocycles. The van der Waals surface area contributed by atoms with Gasteiger partial charge in [0.25, 0.3) is 0 Å². The van der Waals surface area contributed by atoms with Gasteiger partial charge in [-0.3, -0.25) is 9.59 Å². The lowest BCUT2D eigenvalue weighted by Gasteiger charge is -2.41. The van der Waals surface area contributed by atoms with E-state index in [-0.39, 0.29) is 22.4 Å². The molecule has 0 amide bonds. The molecule has 1 aliphatic carbocycles. The number of allylic oxidation sites excluding steroid dienone is 2. The monoisotopic (exact) mass is 426 g/mol. The summed E-state index contributed by atoms with van der Waals surface area (Å²) in [6.45, 7) is 4.50. The number of Topliss-reactive ketones (excluding diaryl/α,β-unsaturated/α-hetero) is 1. The highest BCUT2D eigenvalue weighted by Gasteiger charge is 2.48. The van der Waals surface area contributed by atoms with Crippen molar-refractivity contribution in [2.75, 3.05) is 6.54 Å². The van der Waals surface area contributed by atoms with E-state index in [1.807, 2.05) is 46.0 Å². The Kier molecular flexibility index (Phi) is 4.23. The number of nitrogens with zero attached hydrogens (tertiary/aromatic N) is 2. The number of rotatable bonds is 2. The Hall–Kier alpha value is -1.96. The Balaban J connectivity index is 1.68. The minimum absolute atomic E-state index is 0.0604. The molecule has 28 heavy (non-hydrogen) atoms. The summed E-state index contributed by atoms with van der Waals surface area (Å²) in [5.74, 6) is 0.0604. The average Bonchev–Trinajstić information content (AvgIpc) is 3.37. The quantitative estimate of drug-likeness (QED) is 0.625. The van der Waals surface area contributed by atoms with Crippen molar-refractivity contribution in [3.05, 3.63) is 61.6 Å². The summed E-state index contributed by atoms with van der Waals surface area (Å²) < 4.78 is 0. The van der Waals surface area contributed by atoms with Crippen LogP contribution in [0.3, 0.4) is 0 Å². The maximum absolute atomic E-state index is 13.8. The van der Waals surface area contributed by atoms with Gasteiger partial charge in [-0.25, -0.2) is 4.99 Å². The van der Waals surface area contributed by atoms with Crippen LogP contribution in [0.1, 0.15) is 36.1 Å². The zero-order valence-electron chi connectivity index (χ0n) is 15.5. The van der Waals surface area contributed by atoms with Crippen LogP contribution in [-0.2, 0) is 9.59 Å². The number of carbonyl (C=O) groups excluding carboxylic acids is 2. The molecule has 7 heteroatoms. The molecule has 3 aliphatic rings. The standard InChI is InChI=1S/C21H18N2O2S3/c1-21(2)10-14-17(19(25)13(21)9-12-5-3-7-26-12)18(15-6-4-8-27-15)23-11-16(24)28-20(23)22-14/h3-9,18H,10-11H2,1-2H3. The van der Waals surface area contributed by atoms with Crippen molar-refractivity contribution in [1.82, 2.24) is 4.90 Å². The number of fused-ring (bicyclic) bond motifs is 1. The summed E-state index contributed by atoms with van der Waals surface area (Å²) in [7, 11) is 0. The SMILES string of the molecule is CC1(C)CC2=C(C(=O)C1=Cc1cccs1)C(c1cccs1)N1CC(=O)SC1=N2. The fraction of sp³-hybridized carbons (Fsp3) is 0.286. The minimum atomic E-state index is -0.306. The number of carbonyl (C=O) groups is 2. The third-order valence-electron chi connectivity index (χ3n) is 5.35. The highest BCUT2D eigenvalue weighted by Crippen LogP contribution is 2.51. The van der Waals surface area contributed by atoms with Crippen LogP contribution in [0.15, 0.2) is 56.9 Å². The Bertz CT molecular complexity index is 1060. The smallest absolute Gasteiger partial charge is 0.215 e. The largest absolute Gasteiger partial charge is 0.330 e. The van der Waals surface area contributed by atoms with E-state index in [0.717, 1.165) is 31.8 Å². The molecule has 0 bridgehead atoms. The maximum Gasteiger partial charge on any atom is 0.215 e. The molecule has 1 saturated heterocycles. The second-order valence-corrected chi connectivity index (χ2v) is 10.7. The molecule has 1 atom stereocenters. The molecule has 0 N–H and O–H groups in total. The topological polar surface area (TPSA) is 49.7 Å². The van der Waals surface area contributed by atoms with Crippen molar-refractivity contribution < 1.29 is 9.59 Å². The van der Waals surface area contributed by atoms with E-state index in [2.05, 4.69) is 13.8 Å². The van der Waals surface area contributed by atoms with Gasteiger partial charge in [0.1, 0.15) is 0 Å². The molecular weight excluding hydrogens is 408 g/mol. The van der Waals surface area contributed by atoms with Crippen LogP contribution in [0.25, 0.3) is 6.08 Å². The van der Waals surface area contributed by atoms with E-state index >= 15 is 0 Å². The molecule has 0 spiro atoms. The molecule has 4 heterocycles. The first-order chi connectivity index (χ1) is 13.4. The van der Waals surface area contributed by atoms with Crippen molar-refractivity contribution in [2.45, 2.75) is 26.3 Å². The van der Waals surface area contributed by atoms with Crippen LogP contribution >= 0.6 is 34.4 Å². The van der Waals surface area contributed by atoms with E-state index in [1.54, 1.807) is 22.7 Å². The Morgan fingerprint density at radius 3 is 2.68 bits per heavy atom. The van der Waals surface area contributed by atoms with E-state index in [0.29, 0.717) is 13.0 Å². The number of aliphatic imine (C=N–C) groups is 1. The van der Waals surface area contributed by atoms with Gasteiger partial charge in [0.15, 0.2) is 11.0 Å². The molecule has 142 valence electrons. The number of thioether (sulfide) groups is 1. The van der Waals surface area contributed by atoms with Crippen LogP contribution in [0.2, 0.25) is 0 Å². The zero-order chi connectivity index (χ0) is 19.5. The molecule has 1 unspecified atom stereocenters. The van der Waals surface area contributed by atoms with E-state index < -0.39 is 0 Å². The van der Waals surface area contributed by atoms with Crippen molar-refractivity contribution >= 4 is 56.6 Å². The molecular formula is C21H18N2O2S3. The summed E-state index contributed by atoms with van der Waals surface area (Å²) in [6.07, 6.45) is 2.73. The van der Waals surface area contributed by atoms with Gasteiger partial charge >= 0.3 is 0 Å². The predicted molar refractivity (Wildman–Crippen MR) is 117 cm³/mol. The van der Waals surface area contributed by atoms with Crippen LogP contribution < -0.4 is 0 Å². The molecule has 5 rings (SSSR count). The van der Waals surface area contributed by atoms with Gasteiger partial charge in [-0.15, -0.1) is 22.7 Å². The highest BCUT2D eigenvalue weighted by molar-refractivity contribution is 8.26. The first kappa shape index (κ1) is 18.1. The van der Waals surface area contributed by atoms with Crippen molar-refractivity contribution in [3.63, 3.8) is 0 Å². The van der Waals surface area contributed by atoms with E-state index in [4.69, 9.17) is 4.99 Å². The average molecular weight is 427 g/mol. The van der Waals surface area contributed by atoms with Gasteiger partial charge in [-0.2, -0.15) is 0 Å². The number of hydrogen-bond acceptors (Lipinski definition) is 7. The maximum atomic E-state index is 13.8. The third-order valence-corrected chi connectivity index (χ3v) is 7.96. The predicted octanol–water partition coefficient (Wildman–Crippen LogP) is 5.13. The fourth-order valence-electron chi connectivity index (χ4n) is 4.05. The molecule has 2 aromatic heterocycles. The van der Waals surface area contributed by atoms with Crippen molar-refractivity contribution in [1.29, 1.82) is 0 Å². The second kappa shape index (κ2) is 6.54. The summed E-state index contributed by atoms with van der Waals surface area (Å²) in [5.41, 5.74) is 2.10. The van der Waals surface area contributed by atoms with Crippen LogP contribution in [-0.4, -0.2) is 27.5 Å². The summed E-state index contributed by atoms with van der Waals surface area (Å²) >= 11 is 4.45. The van der Waals surface area contributed by atoms with Crippen molar-refractivity contribution in [3.8, 4) is 0 Å². The van der Waals surface area contributed by atoms with Crippen LogP contribution in [0, 0.1) is 5.41 Å². The summed E-state index contributed by atoms with van der Waals surface area (Å²) in [5, 5.41) is 4.86. The Morgan fingerprint density at radius 2 is 1.96 bits per heavy atom. The number of thiophene rings is 2. The molecule has 2 aromatic rings. The highest BCUT2D eigenvalue weighted by atomic mass is 32.2. The normalized spacial score (nSPS) is 25.2. The van der Waals surface area contributed by atoms with E-state index in [1.165, 1.54) is 11.8 Å². The number of hydrogen-bond donors (Lipinski definition) is 0. The molecule has 2 aliphatic heterocycles. The van der Waals surface area contributed by atoms with Crippen LogP contribution in [0.5, 0.6) is 0 Å². The zero-order valence-corrected chi connectivity index (χ0v) is 17.9. The lowest BCUT2D eigenvalue weighted by atomic mass is 9.69. The second-order valence-electron chi connectivity index (χ2n) is 7.74. The van der Waals surface area contributed by atoms with Gasteiger partial charge in [-0.1, -0.05) is 26.0 Å². The summed E-state index contributed by atoms with van der Waals surface area (Å²) in [4.78, 5) is 34.9. The Morgan fingerprint density at radius 1 is 1.18 bits per heavy atom. The summed E-state index contributed by atoms with van der Waals surface area (Å²) in [6, 6.07) is 7.86. The number of amidine groups is 1. The van der Waals surface area contributed by atoms with Gasteiger partial charge in [-0.05, 0) is 52.6 Å². The lowest BCUT2D eigenvalue weighted by Crippen LogP contribution is -2.41. The van der Waals surface area contributed by atoms with Crippen LogP contribution in [0.4, 0.5) is 0 Å². The van der Waals surface area contributed by atoms with E-state index in [9.17, 15) is 9.59 Å². The molecule has 0 radical (unpaired) electrons. The minimum Gasteiger partial charge on any atom is -0.330 e. The first-order valence-corrected chi connectivity index (χ1v) is 11.6. The third kappa shape index (κ3) is 2.84. The van der Waals surface area contributed by atoms with Gasteiger partial charge in [0.2, 0.25) is 5.12 Å². The van der Waals surface area contributed by atoms with Gasteiger partial charge < -0.3 is 4.90 Å². The fourth-order valence-corrected chi connectivity index (χ4v) is 6.41. The van der Waals surface area contributed by atoms with Crippen molar-refractivity contribution in [2.24, 2.45) is 10.4 Å². The Labute approximate surface area is 175 Å². The molecule has 1 fully saturated rings.